The number of fused-ring (bicyclic) bond motifs is 1. The van der Waals surface area contributed by atoms with Crippen LogP contribution >= 0.6 is 11.8 Å². The molecule has 3 N–H and O–H groups in total. The van der Waals surface area contributed by atoms with E-state index in [2.05, 4.69) is 15.3 Å². The molecule has 162 valence electrons. The first-order valence-electron chi connectivity index (χ1n) is 10.2. The molecule has 0 saturated carbocycles. The van der Waals surface area contributed by atoms with E-state index >= 15 is 4.39 Å². The molecule has 32 heavy (non-hydrogen) atoms. The zero-order valence-electron chi connectivity index (χ0n) is 17.3. The van der Waals surface area contributed by atoms with Gasteiger partial charge in [0.1, 0.15) is 11.6 Å². The second-order valence-electron chi connectivity index (χ2n) is 7.91. The van der Waals surface area contributed by atoms with Crippen LogP contribution in [0.3, 0.4) is 0 Å². The van der Waals surface area contributed by atoms with Gasteiger partial charge < -0.3 is 10.6 Å². The number of hydrogen-bond donors (Lipinski definition) is 2. The lowest BCUT2D eigenvalue weighted by Gasteiger charge is -2.19. The zero-order valence-corrected chi connectivity index (χ0v) is 18.1. The molecule has 0 bridgehead atoms. The van der Waals surface area contributed by atoms with Gasteiger partial charge in [-0.05, 0) is 61.0 Å². The van der Waals surface area contributed by atoms with Crippen molar-refractivity contribution in [3.63, 3.8) is 0 Å². The molecule has 1 aromatic heterocycles. The maximum absolute atomic E-state index is 15.0. The number of nitrogens with two attached hydrogens (primary N) is 1. The highest BCUT2D eigenvalue weighted by Gasteiger charge is 2.25. The van der Waals surface area contributed by atoms with E-state index in [4.69, 9.17) is 5.73 Å². The van der Waals surface area contributed by atoms with Crippen LogP contribution in [0.4, 0.5) is 14.9 Å². The van der Waals surface area contributed by atoms with E-state index in [1.54, 1.807) is 19.1 Å². The maximum atomic E-state index is 15.0. The molecule has 2 fully saturated rings. The van der Waals surface area contributed by atoms with Crippen LogP contribution in [0, 0.1) is 12.7 Å². The minimum atomic E-state index is -0.417. The summed E-state index contributed by atoms with van der Waals surface area (Å²) >= 11 is 0.860. The molecule has 9 heteroatoms. The average Bonchev–Trinajstić information content (AvgIpc) is 3.31. The van der Waals surface area contributed by atoms with Crippen LogP contribution in [0.5, 0.6) is 0 Å². The van der Waals surface area contributed by atoms with Crippen LogP contribution in [0.2, 0.25) is 0 Å². The van der Waals surface area contributed by atoms with E-state index in [-0.39, 0.29) is 11.9 Å². The molecule has 5 rings (SSSR count). The second kappa shape index (κ2) is 7.99. The van der Waals surface area contributed by atoms with Crippen molar-refractivity contribution in [2.45, 2.75) is 19.4 Å². The third-order valence-electron chi connectivity index (χ3n) is 5.56. The SMILES string of the molecule is Cc1nc(-c2ccc(N3CC[C@@H](N)C3)c(F)c2)c2cc(C=C3SC(=O)NC3=O)ccc2n1. The normalized spacial score (nSPS) is 19.9. The Morgan fingerprint density at radius 1 is 1.22 bits per heavy atom. The lowest BCUT2D eigenvalue weighted by Crippen LogP contribution is -2.26. The summed E-state index contributed by atoms with van der Waals surface area (Å²) in [5.41, 5.74) is 9.19. The second-order valence-corrected chi connectivity index (χ2v) is 8.92. The van der Waals surface area contributed by atoms with Gasteiger partial charge in [0.25, 0.3) is 11.1 Å². The molecule has 0 unspecified atom stereocenters. The first kappa shape index (κ1) is 20.6. The van der Waals surface area contributed by atoms with Crippen molar-refractivity contribution in [3.8, 4) is 11.3 Å². The number of amides is 2. The minimum Gasteiger partial charge on any atom is -0.368 e. The topological polar surface area (TPSA) is 101 Å². The lowest BCUT2D eigenvalue weighted by atomic mass is 10.0. The molecular formula is C23H20FN5O2S. The Hall–Kier alpha value is -3.30. The van der Waals surface area contributed by atoms with Crippen molar-refractivity contribution in [2.24, 2.45) is 5.73 Å². The standard InChI is InChI=1S/C23H20FN5O2S/c1-12-26-18-4-2-13(9-20-22(30)28-23(31)32-20)8-16(18)21(27-12)14-3-5-19(17(24)10-14)29-7-6-15(25)11-29/h2-5,8-10,15H,6-7,11,25H2,1H3,(H,28,30,31)/t15-/m1/s1. The van der Waals surface area contributed by atoms with E-state index in [1.807, 2.05) is 29.2 Å². The van der Waals surface area contributed by atoms with Gasteiger partial charge in [-0.25, -0.2) is 14.4 Å². The van der Waals surface area contributed by atoms with Crippen LogP contribution in [0.1, 0.15) is 17.8 Å². The molecule has 3 aromatic rings. The molecule has 7 nitrogen and oxygen atoms in total. The number of anilines is 1. The Morgan fingerprint density at radius 2 is 2.06 bits per heavy atom. The van der Waals surface area contributed by atoms with Gasteiger partial charge in [0.15, 0.2) is 0 Å². The van der Waals surface area contributed by atoms with Gasteiger partial charge in [-0.15, -0.1) is 0 Å². The highest BCUT2D eigenvalue weighted by Crippen LogP contribution is 2.33. The summed E-state index contributed by atoms with van der Waals surface area (Å²) in [6, 6.07) is 10.7. The first-order chi connectivity index (χ1) is 15.4. The minimum absolute atomic E-state index is 0.0606. The quantitative estimate of drug-likeness (QED) is 0.589. The number of imide groups is 1. The number of halogens is 1. The highest BCUT2D eigenvalue weighted by molar-refractivity contribution is 8.18. The Bertz CT molecular complexity index is 1310. The van der Waals surface area contributed by atoms with Gasteiger partial charge in [0.05, 0.1) is 21.8 Å². The number of thioether (sulfide) groups is 1. The number of aryl methyl sites for hydroxylation is 1. The van der Waals surface area contributed by atoms with E-state index in [0.717, 1.165) is 35.7 Å². The van der Waals surface area contributed by atoms with Crippen molar-refractivity contribution >= 4 is 45.6 Å². The first-order valence-corrected chi connectivity index (χ1v) is 11.0. The Kier molecular flexibility index (Phi) is 5.15. The van der Waals surface area contributed by atoms with Gasteiger partial charge in [-0.3, -0.25) is 14.9 Å². The number of hydrogen-bond acceptors (Lipinski definition) is 7. The van der Waals surface area contributed by atoms with Crippen LogP contribution in [-0.2, 0) is 4.79 Å². The summed E-state index contributed by atoms with van der Waals surface area (Å²) in [5, 5.41) is 2.58. The van der Waals surface area contributed by atoms with Crippen LogP contribution in [-0.4, -0.2) is 40.2 Å². The van der Waals surface area contributed by atoms with Crippen molar-refractivity contribution in [2.75, 3.05) is 18.0 Å². The van der Waals surface area contributed by atoms with Crippen LogP contribution in [0.15, 0.2) is 41.3 Å². The number of benzene rings is 2. The molecule has 0 radical (unpaired) electrons. The van der Waals surface area contributed by atoms with Crippen molar-refractivity contribution < 1.29 is 14.0 Å². The predicted octanol–water partition coefficient (Wildman–Crippen LogP) is 3.61. The van der Waals surface area contributed by atoms with Crippen molar-refractivity contribution in [1.82, 2.24) is 15.3 Å². The lowest BCUT2D eigenvalue weighted by molar-refractivity contribution is -0.115. The van der Waals surface area contributed by atoms with Crippen molar-refractivity contribution in [1.29, 1.82) is 0 Å². The predicted molar refractivity (Wildman–Crippen MR) is 124 cm³/mol. The molecule has 0 aliphatic carbocycles. The molecule has 2 aliphatic heterocycles. The van der Waals surface area contributed by atoms with Crippen molar-refractivity contribution in [3.05, 3.63) is 58.5 Å². The Labute approximate surface area is 187 Å². The number of carbonyl (C=O) groups is 2. The van der Waals surface area contributed by atoms with Gasteiger partial charge in [-0.2, -0.15) is 0 Å². The molecule has 2 aromatic carbocycles. The molecule has 1 atom stereocenters. The van der Waals surface area contributed by atoms with E-state index in [9.17, 15) is 9.59 Å². The van der Waals surface area contributed by atoms with Crippen LogP contribution < -0.4 is 16.0 Å². The smallest absolute Gasteiger partial charge is 0.290 e. The average molecular weight is 450 g/mol. The number of aromatic nitrogens is 2. The van der Waals surface area contributed by atoms with E-state index in [1.165, 1.54) is 6.07 Å². The number of nitrogens with zero attached hydrogens (tertiary/aromatic N) is 3. The fourth-order valence-corrected chi connectivity index (χ4v) is 4.74. The molecule has 3 heterocycles. The van der Waals surface area contributed by atoms with Gasteiger partial charge >= 0.3 is 0 Å². The zero-order chi connectivity index (χ0) is 22.4. The number of carbonyl (C=O) groups excluding carboxylic acids is 2. The van der Waals surface area contributed by atoms with E-state index in [0.29, 0.717) is 39.7 Å². The summed E-state index contributed by atoms with van der Waals surface area (Å²) in [4.78, 5) is 34.7. The summed E-state index contributed by atoms with van der Waals surface area (Å²) in [6.45, 7) is 3.16. The number of rotatable bonds is 3. The third kappa shape index (κ3) is 3.85. The maximum Gasteiger partial charge on any atom is 0.290 e. The summed E-state index contributed by atoms with van der Waals surface area (Å²) in [5.74, 6) is -0.165. The molecule has 2 aliphatic rings. The Balaban J connectivity index is 1.57. The fourth-order valence-electron chi connectivity index (χ4n) is 4.06. The van der Waals surface area contributed by atoms with Gasteiger partial charge in [-0.1, -0.05) is 12.1 Å². The fraction of sp³-hybridized carbons (Fsp3) is 0.217. The number of nitrogens with one attached hydrogen (secondary N) is 1. The van der Waals surface area contributed by atoms with Crippen LogP contribution in [0.25, 0.3) is 28.2 Å². The monoisotopic (exact) mass is 449 g/mol. The third-order valence-corrected chi connectivity index (χ3v) is 6.37. The highest BCUT2D eigenvalue weighted by atomic mass is 32.2. The van der Waals surface area contributed by atoms with E-state index < -0.39 is 11.1 Å². The van der Waals surface area contributed by atoms with Gasteiger partial charge in [0.2, 0.25) is 0 Å². The summed E-state index contributed by atoms with van der Waals surface area (Å²) < 4.78 is 15.0. The molecule has 2 saturated heterocycles. The van der Waals surface area contributed by atoms with Gasteiger partial charge in [0, 0.05) is 30.1 Å². The molecule has 0 spiro atoms. The summed E-state index contributed by atoms with van der Waals surface area (Å²) in [6.07, 6.45) is 2.49. The molecular weight excluding hydrogens is 429 g/mol. The summed E-state index contributed by atoms with van der Waals surface area (Å²) in [7, 11) is 0. The largest absolute Gasteiger partial charge is 0.368 e. The Morgan fingerprint density at radius 3 is 2.75 bits per heavy atom. The molecule has 2 amide bonds.